The van der Waals surface area contributed by atoms with E-state index in [4.69, 9.17) is 9.84 Å². The minimum absolute atomic E-state index is 0.114. The van der Waals surface area contributed by atoms with Gasteiger partial charge >= 0.3 is 5.97 Å². The zero-order valence-electron chi connectivity index (χ0n) is 12.8. The van der Waals surface area contributed by atoms with Crippen LogP contribution in [0.1, 0.15) is 27.0 Å². The molecule has 1 aromatic rings. The zero-order valence-corrected chi connectivity index (χ0v) is 12.8. The fraction of sp³-hybridized carbons (Fsp3) is 0.429. The molecule has 8 nitrogen and oxygen atoms in total. The number of carboxylic acids is 1. The number of nitro groups is 1. The van der Waals surface area contributed by atoms with Crippen molar-refractivity contribution < 1.29 is 24.4 Å². The van der Waals surface area contributed by atoms with E-state index in [9.17, 15) is 19.7 Å². The minimum Gasteiger partial charge on any atom is -0.479 e. The average Bonchev–Trinajstić information content (AvgIpc) is 2.37. The van der Waals surface area contributed by atoms with Crippen molar-refractivity contribution in [2.24, 2.45) is 0 Å². The van der Waals surface area contributed by atoms with Gasteiger partial charge in [0, 0.05) is 18.2 Å². The van der Waals surface area contributed by atoms with Gasteiger partial charge in [-0.05, 0) is 32.4 Å². The normalized spacial score (nSPS) is 11.8. The first-order valence-electron chi connectivity index (χ1n) is 6.49. The molecule has 0 spiro atoms. The molecule has 8 heteroatoms. The van der Waals surface area contributed by atoms with E-state index < -0.39 is 22.9 Å². The number of nitrogens with one attached hydrogen (secondary N) is 1. The van der Waals surface area contributed by atoms with Crippen molar-refractivity contribution >= 4 is 17.6 Å². The Balaban J connectivity index is 3.11. The molecule has 0 bridgehead atoms. The van der Waals surface area contributed by atoms with Crippen molar-refractivity contribution in [3.63, 3.8) is 0 Å². The lowest BCUT2D eigenvalue weighted by molar-refractivity contribution is -0.386. The first-order chi connectivity index (χ1) is 10.2. The molecule has 0 aliphatic rings. The summed E-state index contributed by atoms with van der Waals surface area (Å²) >= 11 is 0. The van der Waals surface area contributed by atoms with Crippen LogP contribution in [0.2, 0.25) is 0 Å². The van der Waals surface area contributed by atoms with Gasteiger partial charge in [0.25, 0.3) is 11.6 Å². The molecule has 0 saturated carbocycles. The summed E-state index contributed by atoms with van der Waals surface area (Å²) in [7, 11) is 1.22. The van der Waals surface area contributed by atoms with Gasteiger partial charge in [-0.2, -0.15) is 0 Å². The molecule has 2 N–H and O–H groups in total. The summed E-state index contributed by atoms with van der Waals surface area (Å²) in [4.78, 5) is 33.6. The predicted molar refractivity (Wildman–Crippen MR) is 78.1 cm³/mol. The molecule has 1 rings (SSSR count). The van der Waals surface area contributed by atoms with Crippen LogP contribution in [0.15, 0.2) is 6.07 Å². The highest BCUT2D eigenvalue weighted by Gasteiger charge is 2.25. The Kier molecular flexibility index (Phi) is 5.58. The molecule has 120 valence electrons. The Hall–Kier alpha value is -2.48. The van der Waals surface area contributed by atoms with Crippen molar-refractivity contribution in [3.8, 4) is 0 Å². The number of amides is 1. The van der Waals surface area contributed by atoms with Gasteiger partial charge in [-0.3, -0.25) is 14.9 Å². The lowest BCUT2D eigenvalue weighted by Crippen LogP contribution is -2.38. The number of rotatable bonds is 6. The topological polar surface area (TPSA) is 119 Å². The van der Waals surface area contributed by atoms with Crippen molar-refractivity contribution in [2.45, 2.75) is 26.9 Å². The van der Waals surface area contributed by atoms with Gasteiger partial charge in [-0.25, -0.2) is 4.79 Å². The Morgan fingerprint density at radius 1 is 1.36 bits per heavy atom. The molecule has 0 aliphatic heterocycles. The number of aryl methyl sites for hydroxylation is 2. The Labute approximate surface area is 127 Å². The molecule has 1 aromatic carbocycles. The molecule has 1 amide bonds. The molecule has 0 saturated heterocycles. The van der Waals surface area contributed by atoms with Gasteiger partial charge in [-0.15, -0.1) is 0 Å². The molecular weight excluding hydrogens is 292 g/mol. The van der Waals surface area contributed by atoms with Crippen LogP contribution in [-0.4, -0.2) is 41.7 Å². The zero-order chi connectivity index (χ0) is 17.0. The number of carbonyl (C=O) groups is 2. The van der Waals surface area contributed by atoms with Crippen LogP contribution in [0.25, 0.3) is 0 Å². The standard InChI is InChI=1S/C14H18N2O6/c1-7-5-8(2)12(16(20)21)9(3)11(7)13(17)15-6-10(22-4)14(18)19/h5,10H,6H2,1-4H3,(H,15,17)(H,18,19). The van der Waals surface area contributed by atoms with Crippen LogP contribution < -0.4 is 5.32 Å². The molecule has 1 atom stereocenters. The van der Waals surface area contributed by atoms with Crippen LogP contribution in [0, 0.1) is 30.9 Å². The largest absolute Gasteiger partial charge is 0.479 e. The number of carboxylic acid groups (broad SMARTS) is 1. The third kappa shape index (κ3) is 3.59. The summed E-state index contributed by atoms with van der Waals surface area (Å²) in [6, 6.07) is 1.56. The van der Waals surface area contributed by atoms with Gasteiger partial charge in [0.2, 0.25) is 0 Å². The Bertz CT molecular complexity index is 626. The number of ether oxygens (including phenoxy) is 1. The highest BCUT2D eigenvalue weighted by molar-refractivity contribution is 5.98. The number of carbonyl (C=O) groups excluding carboxylic acids is 1. The molecule has 22 heavy (non-hydrogen) atoms. The summed E-state index contributed by atoms with van der Waals surface area (Å²) in [6.07, 6.45) is -1.18. The third-order valence-corrected chi connectivity index (χ3v) is 3.35. The number of nitrogens with zero attached hydrogens (tertiary/aromatic N) is 1. The van der Waals surface area contributed by atoms with Crippen molar-refractivity contribution in [2.75, 3.05) is 13.7 Å². The maximum Gasteiger partial charge on any atom is 0.334 e. The molecule has 1 unspecified atom stereocenters. The van der Waals surface area contributed by atoms with E-state index >= 15 is 0 Å². The number of aliphatic carboxylic acids is 1. The van der Waals surface area contributed by atoms with Crippen LogP contribution in [0.5, 0.6) is 0 Å². The van der Waals surface area contributed by atoms with E-state index in [0.29, 0.717) is 11.1 Å². The second-order valence-corrected chi connectivity index (χ2v) is 4.89. The number of benzene rings is 1. The monoisotopic (exact) mass is 310 g/mol. The Morgan fingerprint density at radius 2 is 1.95 bits per heavy atom. The predicted octanol–water partition coefficient (Wildman–Crippen LogP) is 1.35. The molecule has 0 aromatic heterocycles. The van der Waals surface area contributed by atoms with Crippen LogP contribution in [0.4, 0.5) is 5.69 Å². The third-order valence-electron chi connectivity index (χ3n) is 3.35. The lowest BCUT2D eigenvalue weighted by atomic mass is 9.97. The highest BCUT2D eigenvalue weighted by Crippen LogP contribution is 2.28. The van der Waals surface area contributed by atoms with Crippen molar-refractivity contribution in [1.29, 1.82) is 0 Å². The van der Waals surface area contributed by atoms with Crippen molar-refractivity contribution in [3.05, 3.63) is 38.4 Å². The summed E-state index contributed by atoms with van der Waals surface area (Å²) in [5.74, 6) is -1.77. The quantitative estimate of drug-likeness (QED) is 0.604. The van der Waals surface area contributed by atoms with Gasteiger partial charge < -0.3 is 15.2 Å². The average molecular weight is 310 g/mol. The van der Waals surface area contributed by atoms with E-state index in [2.05, 4.69) is 5.32 Å². The lowest BCUT2D eigenvalue weighted by Gasteiger charge is -2.15. The molecule has 0 radical (unpaired) electrons. The van der Waals surface area contributed by atoms with Crippen LogP contribution >= 0.6 is 0 Å². The second-order valence-electron chi connectivity index (χ2n) is 4.89. The number of nitro benzene ring substituents is 1. The van der Waals surface area contributed by atoms with Crippen LogP contribution in [0.3, 0.4) is 0 Å². The van der Waals surface area contributed by atoms with Crippen LogP contribution in [-0.2, 0) is 9.53 Å². The number of methoxy groups -OCH3 is 1. The van der Waals surface area contributed by atoms with E-state index in [0.717, 1.165) is 0 Å². The van der Waals surface area contributed by atoms with Gasteiger partial charge in [0.05, 0.1) is 17.0 Å². The second kappa shape index (κ2) is 6.99. The minimum atomic E-state index is -1.20. The smallest absolute Gasteiger partial charge is 0.334 e. The summed E-state index contributed by atoms with van der Waals surface area (Å²) in [6.45, 7) is 4.54. The van der Waals surface area contributed by atoms with Gasteiger partial charge in [0.15, 0.2) is 6.10 Å². The van der Waals surface area contributed by atoms with Gasteiger partial charge in [-0.1, -0.05) is 0 Å². The van der Waals surface area contributed by atoms with E-state index in [1.807, 2.05) is 0 Å². The number of hydrogen-bond acceptors (Lipinski definition) is 5. The van der Waals surface area contributed by atoms with Gasteiger partial charge in [0.1, 0.15) is 0 Å². The fourth-order valence-electron chi connectivity index (χ4n) is 2.35. The van der Waals surface area contributed by atoms with Crippen molar-refractivity contribution in [1.82, 2.24) is 5.32 Å². The SMILES string of the molecule is COC(CNC(=O)c1c(C)cc(C)c([N+](=O)[O-])c1C)C(=O)O. The first-order valence-corrected chi connectivity index (χ1v) is 6.49. The fourth-order valence-corrected chi connectivity index (χ4v) is 2.35. The highest BCUT2D eigenvalue weighted by atomic mass is 16.6. The summed E-state index contributed by atoms with van der Waals surface area (Å²) in [5.41, 5.74) is 1.37. The van der Waals surface area contributed by atoms with E-state index in [-0.39, 0.29) is 23.4 Å². The maximum absolute atomic E-state index is 12.2. The maximum atomic E-state index is 12.2. The number of hydrogen-bond donors (Lipinski definition) is 2. The first kappa shape index (κ1) is 17.6. The summed E-state index contributed by atoms with van der Waals surface area (Å²) in [5, 5.41) is 22.4. The Morgan fingerprint density at radius 3 is 2.41 bits per heavy atom. The molecule has 0 fully saturated rings. The molecular formula is C14H18N2O6. The molecule has 0 aliphatic carbocycles. The van der Waals surface area contributed by atoms with E-state index in [1.54, 1.807) is 19.9 Å². The molecule has 0 heterocycles. The summed E-state index contributed by atoms with van der Waals surface area (Å²) < 4.78 is 4.72. The van der Waals surface area contributed by atoms with E-state index in [1.165, 1.54) is 14.0 Å².